The number of rotatable bonds is 4. The summed E-state index contributed by atoms with van der Waals surface area (Å²) < 4.78 is 29.3. The third kappa shape index (κ3) is 3.15. The summed E-state index contributed by atoms with van der Waals surface area (Å²) >= 11 is 0. The maximum absolute atomic E-state index is 12.0. The molecule has 0 saturated carbocycles. The van der Waals surface area contributed by atoms with Gasteiger partial charge in [0.15, 0.2) is 9.84 Å². The second kappa shape index (κ2) is 6.00. The van der Waals surface area contributed by atoms with E-state index in [4.69, 9.17) is 4.52 Å². The van der Waals surface area contributed by atoms with Gasteiger partial charge in [-0.3, -0.25) is 0 Å². The number of hydrogen-bond donors (Lipinski definition) is 1. The maximum atomic E-state index is 12.0. The van der Waals surface area contributed by atoms with Gasteiger partial charge in [0.25, 0.3) is 0 Å². The van der Waals surface area contributed by atoms with E-state index in [1.54, 1.807) is 6.07 Å². The Morgan fingerprint density at radius 3 is 2.92 bits per heavy atom. The fraction of sp³-hybridized carbons (Fsp3) is 0.222. The Hall–Kier alpha value is -2.67. The number of nitrogens with one attached hydrogen (secondary N) is 1. The first kappa shape index (κ1) is 15.8. The third-order valence-electron chi connectivity index (χ3n) is 4.23. The van der Waals surface area contributed by atoms with E-state index in [0.29, 0.717) is 29.6 Å². The van der Waals surface area contributed by atoms with Crippen LogP contribution in [0, 0.1) is 6.92 Å². The van der Waals surface area contributed by atoms with Gasteiger partial charge < -0.3 is 9.84 Å². The Morgan fingerprint density at radius 1 is 1.20 bits per heavy atom. The predicted octanol–water partition coefficient (Wildman–Crippen LogP) is 2.99. The lowest BCUT2D eigenvalue weighted by atomic mass is 10.1. The molecule has 7 heteroatoms. The number of nitrogens with zero attached hydrogens (tertiary/aromatic N) is 2. The van der Waals surface area contributed by atoms with Gasteiger partial charge in [-0.15, -0.1) is 0 Å². The van der Waals surface area contributed by atoms with Crippen LogP contribution in [0.2, 0.25) is 0 Å². The summed E-state index contributed by atoms with van der Waals surface area (Å²) in [5, 5.41) is 7.14. The molecule has 1 N–H and O–H groups in total. The van der Waals surface area contributed by atoms with Gasteiger partial charge in [0.2, 0.25) is 11.7 Å². The van der Waals surface area contributed by atoms with Gasteiger partial charge in [0.05, 0.1) is 17.2 Å². The highest BCUT2D eigenvalue weighted by Crippen LogP contribution is 2.28. The molecule has 0 radical (unpaired) electrons. The topological polar surface area (TPSA) is 85.1 Å². The molecule has 0 bridgehead atoms. The summed E-state index contributed by atoms with van der Waals surface area (Å²) in [6, 6.07) is 13.3. The van der Waals surface area contributed by atoms with Crippen LogP contribution in [0.4, 0.5) is 5.69 Å². The van der Waals surface area contributed by atoms with Gasteiger partial charge in [-0.25, -0.2) is 8.42 Å². The average molecular weight is 355 g/mol. The molecule has 0 spiro atoms. The highest BCUT2D eigenvalue weighted by Gasteiger charge is 2.26. The highest BCUT2D eigenvalue weighted by molar-refractivity contribution is 7.91. The Morgan fingerprint density at radius 2 is 2.08 bits per heavy atom. The number of hydrogen-bond acceptors (Lipinski definition) is 6. The molecule has 0 saturated heterocycles. The minimum absolute atomic E-state index is 0.190. The Balaban J connectivity index is 1.50. The Labute approximate surface area is 145 Å². The number of anilines is 1. The van der Waals surface area contributed by atoms with Gasteiger partial charge >= 0.3 is 0 Å². The van der Waals surface area contributed by atoms with Crippen molar-refractivity contribution in [3.05, 3.63) is 59.5 Å². The number of fused-ring (bicyclic) bond motifs is 1. The summed E-state index contributed by atoms with van der Waals surface area (Å²) in [5.41, 5.74) is 3.63. The van der Waals surface area contributed by atoms with Crippen LogP contribution in [-0.4, -0.2) is 24.3 Å². The minimum atomic E-state index is -3.14. The first-order valence-electron chi connectivity index (χ1n) is 8.00. The summed E-state index contributed by atoms with van der Waals surface area (Å²) in [6.45, 7) is 2.34. The summed E-state index contributed by atoms with van der Waals surface area (Å²) in [6.07, 6.45) is 0.585. The van der Waals surface area contributed by atoms with E-state index in [1.165, 1.54) is 0 Å². The fourth-order valence-electron chi connectivity index (χ4n) is 2.92. The van der Waals surface area contributed by atoms with Crippen LogP contribution in [0.15, 0.2) is 51.9 Å². The molecule has 1 aromatic heterocycles. The lowest BCUT2D eigenvalue weighted by Gasteiger charge is -2.05. The number of aromatic nitrogens is 2. The molecule has 1 aliphatic rings. The van der Waals surface area contributed by atoms with Gasteiger partial charge in [0.1, 0.15) is 0 Å². The second-order valence-electron chi connectivity index (χ2n) is 6.13. The molecule has 4 rings (SSSR count). The average Bonchev–Trinajstić information content (AvgIpc) is 3.18. The molecule has 2 aromatic carbocycles. The van der Waals surface area contributed by atoms with Crippen molar-refractivity contribution in [1.29, 1.82) is 0 Å². The van der Waals surface area contributed by atoms with Crippen molar-refractivity contribution in [3.63, 3.8) is 0 Å². The first-order valence-corrected chi connectivity index (χ1v) is 9.66. The molecule has 25 heavy (non-hydrogen) atoms. The Bertz CT molecular complexity index is 1040. The monoisotopic (exact) mass is 355 g/mol. The molecular formula is C18H17N3O3S. The zero-order valence-corrected chi connectivity index (χ0v) is 14.5. The zero-order chi connectivity index (χ0) is 17.4. The van der Waals surface area contributed by atoms with E-state index in [-0.39, 0.29) is 5.75 Å². The van der Waals surface area contributed by atoms with Crippen molar-refractivity contribution in [3.8, 4) is 11.4 Å². The summed E-state index contributed by atoms with van der Waals surface area (Å²) in [5.74, 6) is 1.17. The summed E-state index contributed by atoms with van der Waals surface area (Å²) in [7, 11) is -3.14. The molecule has 0 fully saturated rings. The van der Waals surface area contributed by atoms with E-state index >= 15 is 0 Å². The maximum Gasteiger partial charge on any atom is 0.246 e. The van der Waals surface area contributed by atoms with Crippen LogP contribution in [0.1, 0.15) is 17.0 Å². The van der Waals surface area contributed by atoms with E-state index in [2.05, 4.69) is 15.5 Å². The van der Waals surface area contributed by atoms with Gasteiger partial charge in [-0.05, 0) is 37.1 Å². The Kier molecular flexibility index (Phi) is 3.80. The third-order valence-corrected chi connectivity index (χ3v) is 6.02. The van der Waals surface area contributed by atoms with Crippen molar-refractivity contribution >= 4 is 15.5 Å². The molecule has 0 aliphatic carbocycles. The molecule has 3 aromatic rings. The van der Waals surface area contributed by atoms with E-state index in [9.17, 15) is 8.42 Å². The van der Waals surface area contributed by atoms with Crippen LogP contribution in [0.25, 0.3) is 11.4 Å². The molecule has 128 valence electrons. The number of benzene rings is 2. The van der Waals surface area contributed by atoms with Crippen molar-refractivity contribution in [2.45, 2.75) is 24.8 Å². The van der Waals surface area contributed by atoms with Crippen LogP contribution >= 0.6 is 0 Å². The first-order chi connectivity index (χ1) is 12.0. The SMILES string of the molecule is Cc1cccc(-c2noc(CNc3ccc4c(c3)S(=O)(=O)CC4)n2)c1. The lowest BCUT2D eigenvalue weighted by molar-refractivity contribution is 0.384. The van der Waals surface area contributed by atoms with E-state index in [0.717, 1.165) is 22.4 Å². The van der Waals surface area contributed by atoms with E-state index < -0.39 is 9.84 Å². The standard InChI is InChI=1S/C18H17N3O3S/c1-12-3-2-4-14(9-12)18-20-17(24-21-18)11-19-15-6-5-13-7-8-25(22,23)16(13)10-15/h2-6,9-10,19H,7-8,11H2,1H3. The van der Waals surface area contributed by atoms with Crippen molar-refractivity contribution < 1.29 is 12.9 Å². The zero-order valence-electron chi connectivity index (χ0n) is 13.7. The molecule has 6 nitrogen and oxygen atoms in total. The largest absolute Gasteiger partial charge is 0.376 e. The predicted molar refractivity (Wildman–Crippen MR) is 94.0 cm³/mol. The van der Waals surface area contributed by atoms with Crippen molar-refractivity contribution in [1.82, 2.24) is 10.1 Å². The van der Waals surface area contributed by atoms with Gasteiger partial charge in [-0.2, -0.15) is 4.98 Å². The van der Waals surface area contributed by atoms with Gasteiger partial charge in [0, 0.05) is 11.3 Å². The van der Waals surface area contributed by atoms with Crippen LogP contribution in [-0.2, 0) is 22.8 Å². The molecule has 0 atom stereocenters. The quantitative estimate of drug-likeness (QED) is 0.774. The fourth-order valence-corrected chi connectivity index (χ4v) is 4.51. The smallest absolute Gasteiger partial charge is 0.246 e. The highest BCUT2D eigenvalue weighted by atomic mass is 32.2. The van der Waals surface area contributed by atoms with Gasteiger partial charge in [-0.1, -0.05) is 35.0 Å². The lowest BCUT2D eigenvalue weighted by Crippen LogP contribution is -2.02. The second-order valence-corrected chi connectivity index (χ2v) is 8.20. The molecule has 2 heterocycles. The van der Waals surface area contributed by atoms with Crippen molar-refractivity contribution in [2.24, 2.45) is 0 Å². The molecule has 0 amide bonds. The minimum Gasteiger partial charge on any atom is -0.376 e. The number of sulfone groups is 1. The van der Waals surface area contributed by atoms with Crippen LogP contribution < -0.4 is 5.32 Å². The molecule has 1 aliphatic heterocycles. The molecule has 0 unspecified atom stereocenters. The number of aryl methyl sites for hydroxylation is 2. The normalized spacial score (nSPS) is 15.1. The van der Waals surface area contributed by atoms with Crippen molar-refractivity contribution in [2.75, 3.05) is 11.1 Å². The summed E-state index contributed by atoms with van der Waals surface area (Å²) in [4.78, 5) is 4.80. The van der Waals surface area contributed by atoms with Crippen LogP contribution in [0.3, 0.4) is 0 Å². The molecular weight excluding hydrogens is 338 g/mol. The van der Waals surface area contributed by atoms with E-state index in [1.807, 2.05) is 43.3 Å². The van der Waals surface area contributed by atoms with Crippen LogP contribution in [0.5, 0.6) is 0 Å².